The van der Waals surface area contributed by atoms with E-state index in [1.54, 1.807) is 43.8 Å². The number of aryl methyl sites for hydroxylation is 1. The molecule has 132 valence electrons. The molecule has 2 aromatic carbocycles. The Morgan fingerprint density at radius 3 is 2.48 bits per heavy atom. The second kappa shape index (κ2) is 9.28. The number of amides is 1. The van der Waals surface area contributed by atoms with Crippen molar-refractivity contribution in [1.29, 1.82) is 0 Å². The van der Waals surface area contributed by atoms with Crippen LogP contribution in [-0.2, 0) is 15.3 Å². The van der Waals surface area contributed by atoms with Gasteiger partial charge in [-0.15, -0.1) is 11.8 Å². The molecule has 0 aliphatic rings. The Morgan fingerprint density at radius 1 is 1.08 bits per heavy atom. The number of esters is 1. The Bertz CT molecular complexity index is 741. The average Bonchev–Trinajstić information content (AvgIpc) is 2.59. The van der Waals surface area contributed by atoms with E-state index in [2.05, 4.69) is 36.5 Å². The molecule has 0 spiro atoms. The van der Waals surface area contributed by atoms with Gasteiger partial charge in [-0.1, -0.05) is 35.9 Å². The summed E-state index contributed by atoms with van der Waals surface area (Å²) in [5.41, 5.74) is 4.27. The minimum atomic E-state index is -0.371. The van der Waals surface area contributed by atoms with Gasteiger partial charge in [0.1, 0.15) is 0 Å². The molecule has 0 fully saturated rings. The third kappa shape index (κ3) is 5.64. The van der Waals surface area contributed by atoms with Crippen LogP contribution in [0.15, 0.2) is 42.5 Å². The van der Waals surface area contributed by atoms with Gasteiger partial charge in [-0.05, 0) is 44.0 Å². The molecule has 0 aliphatic heterocycles. The number of hydrogen-bond acceptors (Lipinski definition) is 4. The molecule has 4 nitrogen and oxygen atoms in total. The first kappa shape index (κ1) is 19.1. The van der Waals surface area contributed by atoms with Crippen LogP contribution in [0, 0.1) is 13.8 Å². The van der Waals surface area contributed by atoms with E-state index in [-0.39, 0.29) is 11.9 Å². The molecule has 0 saturated carbocycles. The van der Waals surface area contributed by atoms with Crippen molar-refractivity contribution < 1.29 is 14.3 Å². The van der Waals surface area contributed by atoms with E-state index in [0.717, 1.165) is 11.3 Å². The molecule has 0 atom stereocenters. The molecule has 25 heavy (non-hydrogen) atoms. The highest BCUT2D eigenvalue weighted by molar-refractivity contribution is 7.99. The molecular formula is C20H23NO3S. The van der Waals surface area contributed by atoms with Crippen LogP contribution in [0.4, 0.5) is 5.69 Å². The van der Waals surface area contributed by atoms with Crippen LogP contribution >= 0.6 is 11.8 Å². The van der Waals surface area contributed by atoms with Gasteiger partial charge in [0.05, 0.1) is 17.9 Å². The fourth-order valence-electron chi connectivity index (χ4n) is 2.33. The number of nitrogens with one attached hydrogen (secondary N) is 1. The van der Waals surface area contributed by atoms with Gasteiger partial charge in [0.2, 0.25) is 5.91 Å². The summed E-state index contributed by atoms with van der Waals surface area (Å²) in [6.45, 7) is 5.95. The van der Waals surface area contributed by atoms with Gasteiger partial charge < -0.3 is 10.1 Å². The molecule has 1 amide bonds. The molecule has 5 heteroatoms. The van der Waals surface area contributed by atoms with Gasteiger partial charge in [0.15, 0.2) is 0 Å². The third-order valence-corrected chi connectivity index (χ3v) is 4.73. The number of rotatable bonds is 7. The number of anilines is 1. The van der Waals surface area contributed by atoms with E-state index in [1.165, 1.54) is 11.1 Å². The molecule has 0 bridgehead atoms. The molecule has 2 rings (SSSR count). The van der Waals surface area contributed by atoms with Crippen molar-refractivity contribution in [1.82, 2.24) is 0 Å². The molecule has 0 heterocycles. The fraction of sp³-hybridized carbons (Fsp3) is 0.300. The van der Waals surface area contributed by atoms with Crippen molar-refractivity contribution in [2.24, 2.45) is 0 Å². The van der Waals surface area contributed by atoms with E-state index in [4.69, 9.17) is 4.74 Å². The summed E-state index contributed by atoms with van der Waals surface area (Å²) in [4.78, 5) is 24.1. The fourth-order valence-corrected chi connectivity index (χ4v) is 3.12. The van der Waals surface area contributed by atoms with E-state index >= 15 is 0 Å². The van der Waals surface area contributed by atoms with E-state index in [9.17, 15) is 9.59 Å². The predicted octanol–water partition coefficient (Wildman–Crippen LogP) is 4.35. The predicted molar refractivity (Wildman–Crippen MR) is 103 cm³/mol. The zero-order valence-corrected chi connectivity index (χ0v) is 15.6. The first-order valence-corrected chi connectivity index (χ1v) is 9.36. The number of hydrogen-bond donors (Lipinski definition) is 1. The molecule has 1 N–H and O–H groups in total. The topological polar surface area (TPSA) is 55.4 Å². The summed E-state index contributed by atoms with van der Waals surface area (Å²) in [6, 6.07) is 13.5. The maximum atomic E-state index is 12.2. The molecular weight excluding hydrogens is 334 g/mol. The second-order valence-corrected chi connectivity index (χ2v) is 6.71. The summed E-state index contributed by atoms with van der Waals surface area (Å²) in [7, 11) is 0. The van der Waals surface area contributed by atoms with Crippen LogP contribution in [0.2, 0.25) is 0 Å². The highest BCUT2D eigenvalue weighted by atomic mass is 32.2. The van der Waals surface area contributed by atoms with Crippen LogP contribution in [0.25, 0.3) is 0 Å². The monoisotopic (exact) mass is 357 g/mol. The van der Waals surface area contributed by atoms with Crippen molar-refractivity contribution >= 4 is 29.3 Å². The van der Waals surface area contributed by atoms with E-state index in [1.807, 2.05) is 0 Å². The Labute approximate surface area is 153 Å². The highest BCUT2D eigenvalue weighted by Crippen LogP contribution is 2.20. The van der Waals surface area contributed by atoms with Gasteiger partial charge in [-0.2, -0.15) is 0 Å². The Kier molecular flexibility index (Phi) is 7.07. The maximum absolute atomic E-state index is 12.2. The zero-order chi connectivity index (χ0) is 18.2. The zero-order valence-electron chi connectivity index (χ0n) is 14.8. The van der Waals surface area contributed by atoms with Gasteiger partial charge in [-0.25, -0.2) is 4.79 Å². The van der Waals surface area contributed by atoms with Gasteiger partial charge in [-0.3, -0.25) is 4.79 Å². The molecule has 0 radical (unpaired) electrons. The summed E-state index contributed by atoms with van der Waals surface area (Å²) in [5.74, 6) is 0.693. The first-order chi connectivity index (χ1) is 12.0. The van der Waals surface area contributed by atoms with E-state index < -0.39 is 0 Å². The smallest absolute Gasteiger partial charge is 0.338 e. The standard InChI is InChI=1S/C20H23NO3S/c1-4-24-20(23)17-6-5-7-18(15(17)3)21-19(22)13-25-12-16-10-8-14(2)9-11-16/h5-11H,4,12-13H2,1-3H3,(H,21,22). The number of carbonyl (C=O) groups excluding carboxylic acids is 2. The third-order valence-electron chi connectivity index (χ3n) is 3.73. The lowest BCUT2D eigenvalue weighted by molar-refractivity contribution is -0.113. The number of benzene rings is 2. The molecule has 2 aromatic rings. The van der Waals surface area contributed by atoms with Gasteiger partial charge >= 0.3 is 5.97 Å². The summed E-state index contributed by atoms with van der Waals surface area (Å²) in [6.07, 6.45) is 0. The van der Waals surface area contributed by atoms with E-state index in [0.29, 0.717) is 23.6 Å². The summed E-state index contributed by atoms with van der Waals surface area (Å²) in [5, 5.41) is 2.88. The lowest BCUT2D eigenvalue weighted by Gasteiger charge is -2.12. The minimum absolute atomic E-state index is 0.0822. The molecule has 0 saturated heterocycles. The van der Waals surface area contributed by atoms with Crippen LogP contribution in [0.5, 0.6) is 0 Å². The lowest BCUT2D eigenvalue weighted by Crippen LogP contribution is -2.16. The van der Waals surface area contributed by atoms with Crippen LogP contribution in [0.3, 0.4) is 0 Å². The average molecular weight is 357 g/mol. The lowest BCUT2D eigenvalue weighted by atomic mass is 10.1. The number of thioether (sulfide) groups is 1. The second-order valence-electron chi connectivity index (χ2n) is 5.73. The summed E-state index contributed by atoms with van der Waals surface area (Å²) < 4.78 is 5.04. The Hall–Kier alpha value is -2.27. The minimum Gasteiger partial charge on any atom is -0.462 e. The van der Waals surface area contributed by atoms with Crippen molar-refractivity contribution in [3.8, 4) is 0 Å². The van der Waals surface area contributed by atoms with Crippen molar-refractivity contribution in [2.75, 3.05) is 17.7 Å². The normalized spacial score (nSPS) is 10.4. The van der Waals surface area contributed by atoms with Crippen molar-refractivity contribution in [3.63, 3.8) is 0 Å². The maximum Gasteiger partial charge on any atom is 0.338 e. The summed E-state index contributed by atoms with van der Waals surface area (Å²) >= 11 is 1.56. The van der Waals surface area contributed by atoms with Crippen LogP contribution in [-0.4, -0.2) is 24.2 Å². The molecule has 0 unspecified atom stereocenters. The SMILES string of the molecule is CCOC(=O)c1cccc(NC(=O)CSCc2ccc(C)cc2)c1C. The Balaban J connectivity index is 1.90. The molecule has 0 aliphatic carbocycles. The van der Waals surface area contributed by atoms with Gasteiger partial charge in [0.25, 0.3) is 0 Å². The highest BCUT2D eigenvalue weighted by Gasteiger charge is 2.14. The largest absolute Gasteiger partial charge is 0.462 e. The first-order valence-electron chi connectivity index (χ1n) is 8.21. The van der Waals surface area contributed by atoms with Crippen LogP contribution < -0.4 is 5.32 Å². The Morgan fingerprint density at radius 2 is 1.80 bits per heavy atom. The van der Waals surface area contributed by atoms with Crippen molar-refractivity contribution in [2.45, 2.75) is 26.5 Å². The number of ether oxygens (including phenoxy) is 1. The number of carbonyl (C=O) groups is 2. The molecule has 0 aromatic heterocycles. The van der Waals surface area contributed by atoms with Crippen LogP contribution in [0.1, 0.15) is 34.0 Å². The van der Waals surface area contributed by atoms with Gasteiger partial charge in [0, 0.05) is 11.4 Å². The van der Waals surface area contributed by atoms with Crippen molar-refractivity contribution in [3.05, 3.63) is 64.7 Å². The quantitative estimate of drug-likeness (QED) is 0.749.